The highest BCUT2D eigenvalue weighted by Crippen LogP contribution is 2.36. The van der Waals surface area contributed by atoms with Crippen LogP contribution in [0.1, 0.15) is 25.7 Å². The van der Waals surface area contributed by atoms with Crippen molar-refractivity contribution in [3.8, 4) is 0 Å². The van der Waals surface area contributed by atoms with E-state index in [0.717, 1.165) is 19.1 Å². The lowest BCUT2D eigenvalue weighted by Gasteiger charge is -2.28. The van der Waals surface area contributed by atoms with Crippen LogP contribution >= 0.6 is 0 Å². The number of hydrogen-bond acceptors (Lipinski definition) is 3. The van der Waals surface area contributed by atoms with Crippen molar-refractivity contribution in [3.05, 3.63) is 0 Å². The predicted molar refractivity (Wildman–Crippen MR) is 64.5 cm³/mol. The zero-order valence-electron chi connectivity index (χ0n) is 10.2. The molecule has 3 aliphatic rings. The Bertz CT molecular complexity index is 232. The number of ether oxygens (including phenoxy) is 1. The molecule has 3 heterocycles. The summed E-state index contributed by atoms with van der Waals surface area (Å²) in [5.74, 6) is 0.901. The third kappa shape index (κ3) is 2.27. The molecule has 3 nitrogen and oxygen atoms in total. The molecule has 16 heavy (non-hydrogen) atoms. The van der Waals surface area contributed by atoms with Crippen LogP contribution in [-0.4, -0.2) is 50.8 Å². The predicted octanol–water partition coefficient (Wildman–Crippen LogP) is 1.10. The molecule has 0 bridgehead atoms. The van der Waals surface area contributed by atoms with E-state index in [1.807, 2.05) is 0 Å². The summed E-state index contributed by atoms with van der Waals surface area (Å²) in [4.78, 5) is 2.71. The highest BCUT2D eigenvalue weighted by molar-refractivity contribution is 4.95. The lowest BCUT2D eigenvalue weighted by atomic mass is 9.86. The zero-order chi connectivity index (χ0) is 10.8. The lowest BCUT2D eigenvalue weighted by molar-refractivity contribution is 0.0542. The first kappa shape index (κ1) is 11.0. The average Bonchev–Trinajstić information content (AvgIpc) is 2.92. The van der Waals surface area contributed by atoms with Crippen LogP contribution in [0.3, 0.4) is 0 Å². The van der Waals surface area contributed by atoms with Crippen molar-refractivity contribution in [1.29, 1.82) is 0 Å². The van der Waals surface area contributed by atoms with Crippen LogP contribution < -0.4 is 5.32 Å². The molecule has 1 spiro atoms. The van der Waals surface area contributed by atoms with Crippen LogP contribution in [0.5, 0.6) is 0 Å². The summed E-state index contributed by atoms with van der Waals surface area (Å²) >= 11 is 0. The standard InChI is InChI=1S/C13H24N2O/c1-7-16-8-2-12(1)9-15-6-4-13(11-15)3-5-14-10-13/h12,14H,1-11H2. The van der Waals surface area contributed by atoms with Crippen LogP contribution in [0, 0.1) is 11.3 Å². The molecule has 0 aromatic carbocycles. The summed E-state index contributed by atoms with van der Waals surface area (Å²) in [7, 11) is 0. The molecular formula is C13H24N2O. The van der Waals surface area contributed by atoms with Gasteiger partial charge in [0.1, 0.15) is 0 Å². The molecule has 0 saturated carbocycles. The molecule has 1 N–H and O–H groups in total. The average molecular weight is 224 g/mol. The largest absolute Gasteiger partial charge is 0.381 e. The SMILES string of the molecule is C1CC2(CCN(CC3CCOCC3)C2)CN1. The summed E-state index contributed by atoms with van der Waals surface area (Å²) < 4.78 is 5.43. The van der Waals surface area contributed by atoms with Crippen LogP contribution in [-0.2, 0) is 4.74 Å². The topological polar surface area (TPSA) is 24.5 Å². The van der Waals surface area contributed by atoms with Gasteiger partial charge < -0.3 is 15.0 Å². The van der Waals surface area contributed by atoms with Crippen LogP contribution in [0.2, 0.25) is 0 Å². The smallest absolute Gasteiger partial charge is 0.0469 e. The second kappa shape index (κ2) is 4.63. The van der Waals surface area contributed by atoms with Crippen molar-refractivity contribution in [3.63, 3.8) is 0 Å². The first-order valence-electron chi connectivity index (χ1n) is 6.87. The Hall–Kier alpha value is -0.120. The maximum absolute atomic E-state index is 5.43. The second-order valence-electron chi connectivity index (χ2n) is 5.97. The number of hydrogen-bond donors (Lipinski definition) is 1. The Morgan fingerprint density at radius 1 is 1.25 bits per heavy atom. The normalized spacial score (nSPS) is 37.5. The quantitative estimate of drug-likeness (QED) is 0.760. The molecular weight excluding hydrogens is 200 g/mol. The third-order valence-corrected chi connectivity index (χ3v) is 4.71. The molecule has 92 valence electrons. The second-order valence-corrected chi connectivity index (χ2v) is 5.97. The van der Waals surface area contributed by atoms with Gasteiger partial charge >= 0.3 is 0 Å². The summed E-state index contributed by atoms with van der Waals surface area (Å²) in [5.41, 5.74) is 0.644. The summed E-state index contributed by atoms with van der Waals surface area (Å²) in [6, 6.07) is 0. The van der Waals surface area contributed by atoms with E-state index < -0.39 is 0 Å². The van der Waals surface area contributed by atoms with Crippen LogP contribution in [0.4, 0.5) is 0 Å². The molecule has 3 fully saturated rings. The third-order valence-electron chi connectivity index (χ3n) is 4.71. The van der Waals surface area contributed by atoms with Crippen molar-refractivity contribution < 1.29 is 4.74 Å². The molecule has 0 aliphatic carbocycles. The molecule has 3 saturated heterocycles. The molecule has 1 atom stereocenters. The van der Waals surface area contributed by atoms with E-state index >= 15 is 0 Å². The van der Waals surface area contributed by atoms with Crippen LogP contribution in [0.15, 0.2) is 0 Å². The number of nitrogens with zero attached hydrogens (tertiary/aromatic N) is 1. The monoisotopic (exact) mass is 224 g/mol. The number of rotatable bonds is 2. The van der Waals surface area contributed by atoms with Gasteiger partial charge in [-0.25, -0.2) is 0 Å². The van der Waals surface area contributed by atoms with Gasteiger partial charge in [-0.1, -0.05) is 0 Å². The van der Waals surface area contributed by atoms with Gasteiger partial charge in [0, 0.05) is 32.8 Å². The van der Waals surface area contributed by atoms with E-state index in [9.17, 15) is 0 Å². The maximum Gasteiger partial charge on any atom is 0.0469 e. The molecule has 3 heteroatoms. The Morgan fingerprint density at radius 3 is 2.88 bits per heavy atom. The maximum atomic E-state index is 5.43. The first-order valence-corrected chi connectivity index (χ1v) is 6.87. The zero-order valence-corrected chi connectivity index (χ0v) is 10.2. The van der Waals surface area contributed by atoms with Gasteiger partial charge in [0.05, 0.1) is 0 Å². The van der Waals surface area contributed by atoms with Crippen LogP contribution in [0.25, 0.3) is 0 Å². The summed E-state index contributed by atoms with van der Waals surface area (Å²) in [6.45, 7) is 8.49. The Labute approximate surface area is 98.5 Å². The number of likely N-dealkylation sites (tertiary alicyclic amines) is 1. The molecule has 0 radical (unpaired) electrons. The summed E-state index contributed by atoms with van der Waals surface area (Å²) in [5, 5.41) is 3.53. The highest BCUT2D eigenvalue weighted by atomic mass is 16.5. The van der Waals surface area contributed by atoms with Gasteiger partial charge in [-0.3, -0.25) is 0 Å². The Balaban J connectivity index is 1.49. The van der Waals surface area contributed by atoms with E-state index in [0.29, 0.717) is 5.41 Å². The van der Waals surface area contributed by atoms with E-state index in [4.69, 9.17) is 4.74 Å². The molecule has 3 aliphatic heterocycles. The van der Waals surface area contributed by atoms with Gasteiger partial charge in [-0.15, -0.1) is 0 Å². The van der Waals surface area contributed by atoms with E-state index in [-0.39, 0.29) is 0 Å². The van der Waals surface area contributed by atoms with Gasteiger partial charge in [0.25, 0.3) is 0 Å². The lowest BCUT2D eigenvalue weighted by Crippen LogP contribution is -2.34. The fourth-order valence-corrected chi connectivity index (χ4v) is 3.62. The fraction of sp³-hybridized carbons (Fsp3) is 1.00. The van der Waals surface area contributed by atoms with Crippen molar-refractivity contribution in [2.45, 2.75) is 25.7 Å². The van der Waals surface area contributed by atoms with Gasteiger partial charge in [0.2, 0.25) is 0 Å². The van der Waals surface area contributed by atoms with Crippen molar-refractivity contribution in [2.24, 2.45) is 11.3 Å². The number of nitrogens with one attached hydrogen (secondary N) is 1. The van der Waals surface area contributed by atoms with Crippen molar-refractivity contribution in [1.82, 2.24) is 10.2 Å². The van der Waals surface area contributed by atoms with Gasteiger partial charge in [0.15, 0.2) is 0 Å². The molecule has 3 rings (SSSR count). The van der Waals surface area contributed by atoms with Crippen molar-refractivity contribution >= 4 is 0 Å². The van der Waals surface area contributed by atoms with E-state index in [2.05, 4.69) is 10.2 Å². The molecule has 1 unspecified atom stereocenters. The van der Waals surface area contributed by atoms with E-state index in [1.54, 1.807) is 0 Å². The van der Waals surface area contributed by atoms with Crippen molar-refractivity contribution in [2.75, 3.05) is 45.9 Å². The molecule has 0 amide bonds. The van der Waals surface area contributed by atoms with E-state index in [1.165, 1.54) is 58.4 Å². The first-order chi connectivity index (χ1) is 7.86. The minimum absolute atomic E-state index is 0.644. The highest BCUT2D eigenvalue weighted by Gasteiger charge is 2.40. The molecule has 0 aromatic heterocycles. The van der Waals surface area contributed by atoms with Gasteiger partial charge in [-0.05, 0) is 50.1 Å². The van der Waals surface area contributed by atoms with Gasteiger partial charge in [-0.2, -0.15) is 0 Å². The molecule has 0 aromatic rings. The minimum Gasteiger partial charge on any atom is -0.381 e. The Morgan fingerprint density at radius 2 is 2.12 bits per heavy atom. The minimum atomic E-state index is 0.644. The fourth-order valence-electron chi connectivity index (χ4n) is 3.62. The Kier molecular flexibility index (Phi) is 3.18. The summed E-state index contributed by atoms with van der Waals surface area (Å²) in [6.07, 6.45) is 5.38.